The molecule has 1 amide bonds. The van der Waals surface area contributed by atoms with Crippen LogP contribution in [0.1, 0.15) is 27.2 Å². The molecule has 0 bridgehead atoms. The van der Waals surface area contributed by atoms with Crippen molar-refractivity contribution in [3.63, 3.8) is 0 Å². The van der Waals surface area contributed by atoms with E-state index in [0.29, 0.717) is 59.4 Å². The van der Waals surface area contributed by atoms with Gasteiger partial charge in [0, 0.05) is 13.2 Å². The van der Waals surface area contributed by atoms with E-state index < -0.39 is 11.7 Å². The summed E-state index contributed by atoms with van der Waals surface area (Å²) < 4.78 is 26.2. The largest absolute Gasteiger partial charge is 0.444 e. The van der Waals surface area contributed by atoms with Gasteiger partial charge in [0.2, 0.25) is 0 Å². The number of nitrogens with one attached hydrogen (secondary N) is 1. The Morgan fingerprint density at radius 2 is 1.29 bits per heavy atom. The third-order valence-corrected chi connectivity index (χ3v) is 2.49. The second kappa shape index (κ2) is 15.6. The summed E-state index contributed by atoms with van der Waals surface area (Å²) in [5, 5.41) is 11.2. The molecule has 0 fully saturated rings. The Morgan fingerprint density at radius 3 is 1.75 bits per heavy atom. The van der Waals surface area contributed by atoms with E-state index >= 15 is 0 Å². The lowest BCUT2D eigenvalue weighted by Gasteiger charge is -2.19. The van der Waals surface area contributed by atoms with E-state index in [0.717, 1.165) is 6.42 Å². The van der Waals surface area contributed by atoms with Gasteiger partial charge in [-0.05, 0) is 27.2 Å². The molecule has 0 rings (SSSR count). The maximum Gasteiger partial charge on any atom is 0.407 e. The van der Waals surface area contributed by atoms with Crippen molar-refractivity contribution in [2.45, 2.75) is 32.8 Å². The predicted molar refractivity (Wildman–Crippen MR) is 89.2 cm³/mol. The highest BCUT2D eigenvalue weighted by atomic mass is 16.6. The van der Waals surface area contributed by atoms with Crippen LogP contribution >= 0.6 is 0 Å². The number of hydrogen-bond acceptors (Lipinski definition) is 7. The van der Waals surface area contributed by atoms with Crippen LogP contribution in [0.25, 0.3) is 0 Å². The molecule has 0 atom stereocenters. The normalized spacial score (nSPS) is 11.5. The van der Waals surface area contributed by atoms with E-state index in [1.54, 1.807) is 0 Å². The molecule has 144 valence electrons. The molecule has 0 spiro atoms. The summed E-state index contributed by atoms with van der Waals surface area (Å²) in [7, 11) is 0. The Kier molecular flexibility index (Phi) is 15.0. The highest BCUT2D eigenvalue weighted by Crippen LogP contribution is 2.06. The summed E-state index contributed by atoms with van der Waals surface area (Å²) >= 11 is 0. The van der Waals surface area contributed by atoms with Crippen molar-refractivity contribution in [1.29, 1.82) is 0 Å². The topological polar surface area (TPSA) is 95.5 Å². The van der Waals surface area contributed by atoms with Crippen LogP contribution in [0.2, 0.25) is 0 Å². The highest BCUT2D eigenvalue weighted by Gasteiger charge is 2.15. The Hall–Kier alpha value is -0.930. The second-order valence-corrected chi connectivity index (χ2v) is 5.96. The second-order valence-electron chi connectivity index (χ2n) is 5.96. The van der Waals surface area contributed by atoms with Gasteiger partial charge in [-0.1, -0.05) is 0 Å². The number of aliphatic hydroxyl groups is 1. The zero-order chi connectivity index (χ0) is 18.1. The molecule has 0 aliphatic heterocycles. The van der Waals surface area contributed by atoms with Gasteiger partial charge in [0.1, 0.15) is 5.60 Å². The molecule has 24 heavy (non-hydrogen) atoms. The zero-order valence-electron chi connectivity index (χ0n) is 15.2. The molecule has 0 saturated carbocycles. The minimum Gasteiger partial charge on any atom is -0.444 e. The van der Waals surface area contributed by atoms with Crippen molar-refractivity contribution in [3.8, 4) is 0 Å². The Morgan fingerprint density at radius 1 is 0.833 bits per heavy atom. The van der Waals surface area contributed by atoms with Gasteiger partial charge in [-0.2, -0.15) is 0 Å². The van der Waals surface area contributed by atoms with Crippen molar-refractivity contribution in [3.05, 3.63) is 0 Å². The van der Waals surface area contributed by atoms with E-state index in [-0.39, 0.29) is 6.61 Å². The molecule has 0 aromatic heterocycles. The van der Waals surface area contributed by atoms with E-state index in [4.69, 9.17) is 28.8 Å². The van der Waals surface area contributed by atoms with Crippen molar-refractivity contribution >= 4 is 6.09 Å². The van der Waals surface area contributed by atoms with Gasteiger partial charge in [-0.25, -0.2) is 4.79 Å². The summed E-state index contributed by atoms with van der Waals surface area (Å²) in [5.41, 5.74) is -0.478. The third-order valence-electron chi connectivity index (χ3n) is 2.49. The SMILES string of the molecule is CC(C)(C)OC(=O)NCCCOCCOCCOCCOCCO. The monoisotopic (exact) mass is 351 g/mol. The first kappa shape index (κ1) is 23.1. The van der Waals surface area contributed by atoms with Gasteiger partial charge < -0.3 is 34.1 Å². The first-order valence-corrected chi connectivity index (χ1v) is 8.34. The van der Waals surface area contributed by atoms with Gasteiger partial charge in [0.25, 0.3) is 0 Å². The smallest absolute Gasteiger partial charge is 0.407 e. The van der Waals surface area contributed by atoms with Gasteiger partial charge in [-0.3, -0.25) is 0 Å². The van der Waals surface area contributed by atoms with Crippen molar-refractivity contribution in [2.75, 3.05) is 66.0 Å². The lowest BCUT2D eigenvalue weighted by atomic mass is 10.2. The summed E-state index contributed by atoms with van der Waals surface area (Å²) in [6.07, 6.45) is 0.309. The summed E-state index contributed by atoms with van der Waals surface area (Å²) in [6.45, 7) is 9.89. The molecule has 0 saturated heterocycles. The average molecular weight is 351 g/mol. The zero-order valence-corrected chi connectivity index (χ0v) is 15.2. The fourth-order valence-electron chi connectivity index (χ4n) is 1.51. The fraction of sp³-hybridized carbons (Fsp3) is 0.938. The van der Waals surface area contributed by atoms with Crippen LogP contribution in [-0.4, -0.2) is 82.8 Å². The first-order valence-electron chi connectivity index (χ1n) is 8.34. The quantitative estimate of drug-likeness (QED) is 0.424. The molecule has 0 aliphatic carbocycles. The van der Waals surface area contributed by atoms with Gasteiger partial charge in [-0.15, -0.1) is 0 Å². The number of aliphatic hydroxyl groups excluding tert-OH is 1. The molecule has 8 heteroatoms. The minimum atomic E-state index is -0.478. The summed E-state index contributed by atoms with van der Waals surface area (Å²) in [4.78, 5) is 11.4. The molecule has 8 nitrogen and oxygen atoms in total. The Bertz CT molecular complexity index is 295. The minimum absolute atomic E-state index is 0.0280. The van der Waals surface area contributed by atoms with Crippen LogP contribution < -0.4 is 5.32 Å². The molecular formula is C16H33NO7. The standard InChI is InChI=1S/C16H33NO7/c1-16(2,3)24-15(19)17-5-4-7-20-9-11-22-13-14-23-12-10-21-8-6-18/h18H,4-14H2,1-3H3,(H,17,19). The van der Waals surface area contributed by atoms with Crippen molar-refractivity contribution in [1.82, 2.24) is 5.32 Å². The van der Waals surface area contributed by atoms with Crippen LogP contribution in [0.15, 0.2) is 0 Å². The van der Waals surface area contributed by atoms with Gasteiger partial charge >= 0.3 is 6.09 Å². The third kappa shape index (κ3) is 19.1. The fourth-order valence-corrected chi connectivity index (χ4v) is 1.51. The highest BCUT2D eigenvalue weighted by molar-refractivity contribution is 5.67. The molecule has 0 aromatic carbocycles. The summed E-state index contributed by atoms with van der Waals surface area (Å²) in [5.74, 6) is 0. The number of ether oxygens (including phenoxy) is 5. The molecule has 2 N–H and O–H groups in total. The van der Waals surface area contributed by atoms with Crippen LogP contribution in [0.4, 0.5) is 4.79 Å². The van der Waals surface area contributed by atoms with E-state index in [9.17, 15) is 4.79 Å². The Balaban J connectivity index is 3.14. The lowest BCUT2D eigenvalue weighted by molar-refractivity contribution is -0.00568. The molecule has 0 aromatic rings. The van der Waals surface area contributed by atoms with Crippen molar-refractivity contribution in [2.24, 2.45) is 0 Å². The lowest BCUT2D eigenvalue weighted by Crippen LogP contribution is -2.33. The molecule has 0 unspecified atom stereocenters. The maximum absolute atomic E-state index is 11.4. The van der Waals surface area contributed by atoms with Crippen LogP contribution in [0, 0.1) is 0 Å². The predicted octanol–water partition coefficient (Wildman–Crippen LogP) is 0.960. The van der Waals surface area contributed by atoms with Gasteiger partial charge in [0.05, 0.1) is 52.9 Å². The number of amides is 1. The van der Waals surface area contributed by atoms with Crippen LogP contribution in [0.3, 0.4) is 0 Å². The van der Waals surface area contributed by atoms with E-state index in [2.05, 4.69) is 5.32 Å². The number of alkyl carbamates (subject to hydrolysis) is 1. The molecular weight excluding hydrogens is 318 g/mol. The summed E-state index contributed by atoms with van der Waals surface area (Å²) in [6, 6.07) is 0. The number of carbonyl (C=O) groups excluding carboxylic acids is 1. The van der Waals surface area contributed by atoms with E-state index in [1.807, 2.05) is 20.8 Å². The molecule has 0 radical (unpaired) electrons. The van der Waals surface area contributed by atoms with Gasteiger partial charge in [0.15, 0.2) is 0 Å². The van der Waals surface area contributed by atoms with Crippen LogP contribution in [0.5, 0.6) is 0 Å². The molecule has 0 heterocycles. The maximum atomic E-state index is 11.4. The van der Waals surface area contributed by atoms with Crippen LogP contribution in [-0.2, 0) is 23.7 Å². The Labute approximate surface area is 144 Å². The van der Waals surface area contributed by atoms with E-state index in [1.165, 1.54) is 0 Å². The first-order chi connectivity index (χ1) is 11.5. The average Bonchev–Trinajstić information content (AvgIpc) is 2.49. The number of carbonyl (C=O) groups is 1. The molecule has 0 aliphatic rings. The number of hydrogen-bond donors (Lipinski definition) is 2. The number of rotatable bonds is 15. The van der Waals surface area contributed by atoms with Crippen molar-refractivity contribution < 1.29 is 33.6 Å².